The Bertz CT molecular complexity index is 1320. The number of ether oxygens (including phenoxy) is 1. The number of benzene rings is 2. The van der Waals surface area contributed by atoms with Crippen molar-refractivity contribution in [1.29, 1.82) is 0 Å². The van der Waals surface area contributed by atoms with Gasteiger partial charge in [0.2, 0.25) is 0 Å². The van der Waals surface area contributed by atoms with Gasteiger partial charge in [0.25, 0.3) is 0 Å². The van der Waals surface area contributed by atoms with Gasteiger partial charge in [-0.15, -0.1) is 0 Å². The number of hydrogen-bond donors (Lipinski definition) is 0. The van der Waals surface area contributed by atoms with Crippen molar-refractivity contribution in [3.8, 4) is 11.1 Å². The molecule has 0 radical (unpaired) electrons. The second-order valence-corrected chi connectivity index (χ2v) is 14.1. The Hall–Kier alpha value is -2.32. The Morgan fingerprint density at radius 3 is 2.19 bits per heavy atom. The average Bonchev–Trinajstić information content (AvgIpc) is 3.58. The Labute approximate surface area is 256 Å². The van der Waals surface area contributed by atoms with Crippen LogP contribution in [0.3, 0.4) is 0 Å². The van der Waals surface area contributed by atoms with E-state index in [0.717, 1.165) is 6.61 Å². The minimum Gasteiger partial charge on any atom is -0.498 e. The first-order valence-corrected chi connectivity index (χ1v) is 17.5. The normalized spacial score (nSPS) is 26.6. The number of likely N-dealkylation sites (N-methyl/N-ethyl adjacent to an activating group) is 1. The van der Waals surface area contributed by atoms with Gasteiger partial charge in [-0.3, -0.25) is 4.90 Å². The molecule has 2 aromatic rings. The molecule has 0 unspecified atom stereocenters. The summed E-state index contributed by atoms with van der Waals surface area (Å²) in [5.74, 6) is 1.82. The van der Waals surface area contributed by atoms with E-state index >= 15 is 0 Å². The minimum atomic E-state index is -0.0878. The van der Waals surface area contributed by atoms with Gasteiger partial charge in [0.1, 0.15) is 5.76 Å². The fraction of sp³-hybridized carbons (Fsp3) is 0.600. The van der Waals surface area contributed by atoms with Crippen molar-refractivity contribution in [3.05, 3.63) is 77.1 Å². The molecule has 3 atom stereocenters. The van der Waals surface area contributed by atoms with E-state index in [9.17, 15) is 0 Å². The molecule has 0 spiro atoms. The summed E-state index contributed by atoms with van der Waals surface area (Å²) in [4.78, 5) is 2.52. The molecule has 0 aromatic heterocycles. The van der Waals surface area contributed by atoms with Gasteiger partial charge in [-0.25, -0.2) is 0 Å². The van der Waals surface area contributed by atoms with Crippen LogP contribution in [0.1, 0.15) is 127 Å². The van der Waals surface area contributed by atoms with E-state index in [0.29, 0.717) is 5.92 Å². The topological polar surface area (TPSA) is 12.5 Å². The zero-order valence-electron chi connectivity index (χ0n) is 27.2. The van der Waals surface area contributed by atoms with Crippen LogP contribution in [0.25, 0.3) is 16.7 Å². The molecule has 2 nitrogen and oxygen atoms in total. The van der Waals surface area contributed by atoms with Crippen molar-refractivity contribution in [2.24, 2.45) is 11.3 Å². The first kappa shape index (κ1) is 29.7. The first-order chi connectivity index (χ1) is 20.5. The van der Waals surface area contributed by atoms with Crippen molar-refractivity contribution in [3.63, 3.8) is 0 Å². The van der Waals surface area contributed by atoms with Crippen molar-refractivity contribution in [1.82, 2.24) is 4.90 Å². The molecule has 0 aliphatic heterocycles. The molecular weight excluding hydrogens is 510 g/mol. The zero-order valence-corrected chi connectivity index (χ0v) is 27.2. The molecule has 2 aromatic carbocycles. The molecule has 2 heteroatoms. The van der Waals surface area contributed by atoms with E-state index in [-0.39, 0.29) is 16.4 Å². The second-order valence-electron chi connectivity index (χ2n) is 14.1. The molecule has 4 aliphatic carbocycles. The molecule has 42 heavy (non-hydrogen) atoms. The summed E-state index contributed by atoms with van der Waals surface area (Å²) in [6.07, 6.45) is 23.5. The predicted octanol–water partition coefficient (Wildman–Crippen LogP) is 10.7. The summed E-state index contributed by atoms with van der Waals surface area (Å²) in [6.45, 7) is 7.56. The van der Waals surface area contributed by atoms with Gasteiger partial charge < -0.3 is 4.74 Å². The molecule has 2 bridgehead atoms. The van der Waals surface area contributed by atoms with E-state index in [4.69, 9.17) is 4.74 Å². The van der Waals surface area contributed by atoms with Crippen molar-refractivity contribution in [2.75, 3.05) is 20.7 Å². The smallest absolute Gasteiger partial charge is 0.104 e. The van der Waals surface area contributed by atoms with E-state index in [1.807, 2.05) is 0 Å². The maximum absolute atomic E-state index is 6.42. The van der Waals surface area contributed by atoms with Gasteiger partial charge in [0.05, 0.1) is 17.6 Å². The highest BCUT2D eigenvalue weighted by atomic mass is 16.5. The molecule has 0 saturated heterocycles. The van der Waals surface area contributed by atoms with Gasteiger partial charge in [-0.05, 0) is 92.2 Å². The first-order valence-electron chi connectivity index (χ1n) is 17.5. The summed E-state index contributed by atoms with van der Waals surface area (Å²) in [7, 11) is 4.61. The third-order valence-corrected chi connectivity index (χ3v) is 11.7. The number of rotatable bonds is 14. The van der Waals surface area contributed by atoms with Crippen LogP contribution in [0.5, 0.6) is 0 Å². The Morgan fingerprint density at radius 1 is 0.786 bits per heavy atom. The van der Waals surface area contributed by atoms with Gasteiger partial charge >= 0.3 is 0 Å². The molecule has 1 saturated carbocycles. The van der Waals surface area contributed by atoms with Gasteiger partial charge in [-0.2, -0.15) is 0 Å². The van der Waals surface area contributed by atoms with Crippen molar-refractivity contribution >= 4 is 5.57 Å². The number of nitrogens with zero attached hydrogens (tertiary/aromatic N) is 1. The van der Waals surface area contributed by atoms with Gasteiger partial charge in [0, 0.05) is 11.3 Å². The fourth-order valence-electron chi connectivity index (χ4n) is 9.74. The number of fused-ring (bicyclic) bond motifs is 3. The summed E-state index contributed by atoms with van der Waals surface area (Å²) in [5.41, 5.74) is 9.27. The summed E-state index contributed by atoms with van der Waals surface area (Å²) < 4.78 is 6.42. The van der Waals surface area contributed by atoms with Crippen LogP contribution >= 0.6 is 0 Å². The Morgan fingerprint density at radius 2 is 1.50 bits per heavy atom. The zero-order chi connectivity index (χ0) is 29.4. The lowest BCUT2D eigenvalue weighted by Crippen LogP contribution is -2.48. The van der Waals surface area contributed by atoms with E-state index in [2.05, 4.69) is 94.4 Å². The number of unbranched alkanes of at least 4 members (excludes halogenated alkanes) is 6. The average molecular weight is 566 g/mol. The van der Waals surface area contributed by atoms with Crippen LogP contribution in [0, 0.1) is 11.3 Å². The van der Waals surface area contributed by atoms with Crippen LogP contribution in [-0.4, -0.2) is 31.1 Å². The largest absolute Gasteiger partial charge is 0.498 e. The maximum atomic E-state index is 6.42. The van der Waals surface area contributed by atoms with Crippen molar-refractivity contribution < 1.29 is 4.74 Å². The number of allylic oxidation sites excluding steroid dienone is 1. The third kappa shape index (κ3) is 4.45. The quantitative estimate of drug-likeness (QED) is 0.211. The van der Waals surface area contributed by atoms with E-state index < -0.39 is 0 Å². The van der Waals surface area contributed by atoms with Gasteiger partial charge in [0.15, 0.2) is 0 Å². The summed E-state index contributed by atoms with van der Waals surface area (Å²) in [6, 6.07) is 17.0. The molecule has 6 rings (SSSR count). The molecule has 0 amide bonds. The lowest BCUT2D eigenvalue weighted by Gasteiger charge is -2.44. The Kier molecular flexibility index (Phi) is 8.49. The SMILES string of the molecule is CCCCCCC1(CCCCCC)c2ccccc2-c2ccc(C3=C[C@]45CCCC[C@H]4[C@@]3(N(C)C)C=C5OCC)cc21. The second kappa shape index (κ2) is 12.0. The highest BCUT2D eigenvalue weighted by molar-refractivity contribution is 5.87. The predicted molar refractivity (Wildman–Crippen MR) is 179 cm³/mol. The van der Waals surface area contributed by atoms with E-state index in [1.165, 1.54) is 118 Å². The molecule has 0 N–H and O–H groups in total. The van der Waals surface area contributed by atoms with Crippen LogP contribution in [-0.2, 0) is 10.2 Å². The molecular formula is C40H55NO. The van der Waals surface area contributed by atoms with Crippen LogP contribution in [0.15, 0.2) is 60.4 Å². The number of hydrogen-bond acceptors (Lipinski definition) is 2. The van der Waals surface area contributed by atoms with Crippen LogP contribution < -0.4 is 0 Å². The fourth-order valence-corrected chi connectivity index (χ4v) is 9.74. The molecule has 4 aliphatic rings. The molecule has 226 valence electrons. The standard InChI is InChI=1S/C40H55NO/c1-6-9-11-16-24-38(25-17-12-10-7-2)33-20-14-13-19-31(33)32-23-22-30(27-34(32)38)35-28-39-26-18-15-21-36(39)40(35,41(4)5)29-37(39)42-8-3/h13-14,19-20,22-23,27-29,36H,6-12,15-18,21,24-26H2,1-5H3/t36-,39-,40-/m1/s1. The molecule has 1 fully saturated rings. The van der Waals surface area contributed by atoms with Crippen molar-refractivity contribution in [2.45, 2.75) is 122 Å². The monoisotopic (exact) mass is 565 g/mol. The third-order valence-electron chi connectivity index (χ3n) is 11.7. The van der Waals surface area contributed by atoms with Crippen LogP contribution in [0.2, 0.25) is 0 Å². The minimum absolute atomic E-state index is 0.0627. The molecule has 0 heterocycles. The highest BCUT2D eigenvalue weighted by Crippen LogP contribution is 2.68. The van der Waals surface area contributed by atoms with Crippen LogP contribution in [0.4, 0.5) is 0 Å². The lowest BCUT2D eigenvalue weighted by molar-refractivity contribution is 0.0759. The highest BCUT2D eigenvalue weighted by Gasteiger charge is 2.65. The summed E-state index contributed by atoms with van der Waals surface area (Å²) >= 11 is 0. The maximum Gasteiger partial charge on any atom is 0.104 e. The summed E-state index contributed by atoms with van der Waals surface area (Å²) in [5, 5.41) is 0. The van der Waals surface area contributed by atoms with E-state index in [1.54, 1.807) is 11.1 Å². The van der Waals surface area contributed by atoms with Gasteiger partial charge in [-0.1, -0.05) is 121 Å². The Balaban J connectivity index is 1.47. The lowest BCUT2D eigenvalue weighted by atomic mass is 9.66.